The standard InChI is InChI=1S/C28H32ClN3O5S/c1-4-20-9-11-25(12-10-20)38(34,35)32-14-13-31(22-15-23(36-2)17-24(16-22)37-3)19-27(32)28(33)30-18-21-7-5-6-8-26(21)29/h5-12,15-17,27H,4,13-14,18-19H2,1-3H3,(H,30,33). The number of benzene rings is 3. The molecule has 1 aliphatic heterocycles. The largest absolute Gasteiger partial charge is 0.497 e. The zero-order chi connectivity index (χ0) is 27.3. The SMILES string of the molecule is CCc1ccc(S(=O)(=O)N2CCN(c3cc(OC)cc(OC)c3)CC2C(=O)NCc2ccccc2Cl)cc1. The van der Waals surface area contributed by atoms with Crippen molar-refractivity contribution in [3.63, 3.8) is 0 Å². The summed E-state index contributed by atoms with van der Waals surface area (Å²) in [7, 11) is -0.799. The molecule has 1 N–H and O–H groups in total. The fourth-order valence-corrected chi connectivity index (χ4v) is 6.22. The van der Waals surface area contributed by atoms with Crippen LogP contribution in [0.15, 0.2) is 71.6 Å². The first-order valence-corrected chi connectivity index (χ1v) is 14.2. The molecule has 0 bridgehead atoms. The van der Waals surface area contributed by atoms with E-state index in [9.17, 15) is 13.2 Å². The molecule has 0 aliphatic carbocycles. The van der Waals surface area contributed by atoms with E-state index >= 15 is 0 Å². The fourth-order valence-electron chi connectivity index (χ4n) is 4.45. The van der Waals surface area contributed by atoms with Crippen molar-refractivity contribution in [1.82, 2.24) is 9.62 Å². The Hall–Kier alpha value is -3.27. The highest BCUT2D eigenvalue weighted by atomic mass is 35.5. The van der Waals surface area contributed by atoms with Crippen LogP contribution in [0.25, 0.3) is 0 Å². The van der Waals surface area contributed by atoms with E-state index in [1.54, 1.807) is 50.6 Å². The number of hydrogen-bond acceptors (Lipinski definition) is 6. The molecule has 4 rings (SSSR count). The molecular formula is C28H32ClN3O5S. The highest BCUT2D eigenvalue weighted by molar-refractivity contribution is 7.89. The summed E-state index contributed by atoms with van der Waals surface area (Å²) in [5, 5.41) is 3.42. The molecule has 10 heteroatoms. The van der Waals surface area contributed by atoms with E-state index in [0.29, 0.717) is 23.1 Å². The van der Waals surface area contributed by atoms with E-state index in [1.165, 1.54) is 4.31 Å². The van der Waals surface area contributed by atoms with Gasteiger partial charge in [-0.2, -0.15) is 4.31 Å². The van der Waals surface area contributed by atoms with Crippen molar-refractivity contribution in [2.45, 2.75) is 30.8 Å². The van der Waals surface area contributed by atoms with Crippen LogP contribution in [0.2, 0.25) is 5.02 Å². The van der Waals surface area contributed by atoms with Gasteiger partial charge >= 0.3 is 0 Å². The highest BCUT2D eigenvalue weighted by Crippen LogP contribution is 2.31. The van der Waals surface area contributed by atoms with Gasteiger partial charge in [0.25, 0.3) is 0 Å². The molecule has 1 saturated heterocycles. The minimum atomic E-state index is -3.93. The van der Waals surface area contributed by atoms with E-state index < -0.39 is 22.0 Å². The zero-order valence-electron chi connectivity index (χ0n) is 21.7. The smallest absolute Gasteiger partial charge is 0.243 e. The van der Waals surface area contributed by atoms with Gasteiger partial charge < -0.3 is 19.7 Å². The number of carbonyl (C=O) groups excluding carboxylic acids is 1. The molecule has 38 heavy (non-hydrogen) atoms. The van der Waals surface area contributed by atoms with Crippen LogP contribution < -0.4 is 19.7 Å². The first-order chi connectivity index (χ1) is 18.3. The highest BCUT2D eigenvalue weighted by Gasteiger charge is 2.40. The van der Waals surface area contributed by atoms with Crippen LogP contribution in [0.5, 0.6) is 11.5 Å². The van der Waals surface area contributed by atoms with Crippen molar-refractivity contribution in [2.24, 2.45) is 0 Å². The van der Waals surface area contributed by atoms with Crippen molar-refractivity contribution < 1.29 is 22.7 Å². The van der Waals surface area contributed by atoms with Gasteiger partial charge in [-0.15, -0.1) is 0 Å². The van der Waals surface area contributed by atoms with E-state index in [4.69, 9.17) is 21.1 Å². The van der Waals surface area contributed by atoms with Crippen molar-refractivity contribution in [3.05, 3.63) is 82.9 Å². The topological polar surface area (TPSA) is 88.2 Å². The summed E-state index contributed by atoms with van der Waals surface area (Å²) < 4.78 is 39.6. The van der Waals surface area contributed by atoms with Crippen molar-refractivity contribution in [1.29, 1.82) is 0 Å². The Kier molecular flexibility index (Phi) is 8.81. The first-order valence-electron chi connectivity index (χ1n) is 12.4. The molecule has 202 valence electrons. The Labute approximate surface area is 229 Å². The third-order valence-electron chi connectivity index (χ3n) is 6.68. The van der Waals surface area contributed by atoms with E-state index in [2.05, 4.69) is 5.32 Å². The van der Waals surface area contributed by atoms with Gasteiger partial charge in [0, 0.05) is 55.1 Å². The van der Waals surface area contributed by atoms with Crippen LogP contribution in [0.3, 0.4) is 0 Å². The average Bonchev–Trinajstić information content (AvgIpc) is 2.95. The van der Waals surface area contributed by atoms with Crippen molar-refractivity contribution in [3.8, 4) is 11.5 Å². The Morgan fingerprint density at radius 1 is 1.00 bits per heavy atom. The Morgan fingerprint density at radius 3 is 2.26 bits per heavy atom. The summed E-state index contributed by atoms with van der Waals surface area (Å²) in [4.78, 5) is 15.7. The molecule has 0 saturated carbocycles. The van der Waals surface area contributed by atoms with Crippen LogP contribution in [0, 0.1) is 0 Å². The third-order valence-corrected chi connectivity index (χ3v) is 8.98. The number of amides is 1. The molecule has 1 aliphatic rings. The Balaban J connectivity index is 1.65. The zero-order valence-corrected chi connectivity index (χ0v) is 23.3. The molecule has 3 aromatic carbocycles. The van der Waals surface area contributed by atoms with Crippen LogP contribution in [0.4, 0.5) is 5.69 Å². The van der Waals surface area contributed by atoms with E-state index in [0.717, 1.165) is 23.2 Å². The quantitative estimate of drug-likeness (QED) is 0.426. The molecule has 1 atom stereocenters. The van der Waals surface area contributed by atoms with Gasteiger partial charge in [0.05, 0.1) is 19.1 Å². The normalized spacial score (nSPS) is 16.2. The van der Waals surface area contributed by atoms with Crippen LogP contribution in [-0.2, 0) is 27.8 Å². The number of aryl methyl sites for hydroxylation is 1. The number of methoxy groups -OCH3 is 2. The van der Waals surface area contributed by atoms with Gasteiger partial charge in [-0.1, -0.05) is 48.9 Å². The third kappa shape index (κ3) is 6.06. The molecule has 1 heterocycles. The van der Waals surface area contributed by atoms with Gasteiger partial charge in [-0.3, -0.25) is 4.79 Å². The fraction of sp³-hybridized carbons (Fsp3) is 0.321. The average molecular weight is 558 g/mol. The number of carbonyl (C=O) groups is 1. The van der Waals surface area contributed by atoms with Crippen molar-refractivity contribution >= 4 is 33.2 Å². The number of rotatable bonds is 9. The second kappa shape index (κ2) is 12.1. The van der Waals surface area contributed by atoms with Gasteiger partial charge in [-0.25, -0.2) is 8.42 Å². The minimum absolute atomic E-state index is 0.127. The molecule has 1 amide bonds. The van der Waals surface area contributed by atoms with Gasteiger partial charge in [0.15, 0.2) is 0 Å². The predicted octanol–water partition coefficient (Wildman–Crippen LogP) is 4.12. The second-order valence-electron chi connectivity index (χ2n) is 8.96. The summed E-state index contributed by atoms with van der Waals surface area (Å²) in [5.41, 5.74) is 2.56. The number of anilines is 1. The summed E-state index contributed by atoms with van der Waals surface area (Å²) >= 11 is 6.27. The molecule has 1 unspecified atom stereocenters. The number of ether oxygens (including phenoxy) is 2. The van der Waals surface area contributed by atoms with Crippen LogP contribution in [0.1, 0.15) is 18.1 Å². The number of halogens is 1. The summed E-state index contributed by atoms with van der Waals surface area (Å²) in [6.07, 6.45) is 0.802. The lowest BCUT2D eigenvalue weighted by atomic mass is 10.1. The van der Waals surface area contributed by atoms with Crippen LogP contribution >= 0.6 is 11.6 Å². The molecule has 3 aromatic rings. The minimum Gasteiger partial charge on any atom is -0.497 e. The molecule has 0 aromatic heterocycles. The van der Waals surface area contributed by atoms with Gasteiger partial charge in [0.2, 0.25) is 15.9 Å². The number of piperazine rings is 1. The molecular weight excluding hydrogens is 526 g/mol. The number of nitrogens with one attached hydrogen (secondary N) is 1. The molecule has 8 nitrogen and oxygen atoms in total. The number of nitrogens with zero attached hydrogens (tertiary/aromatic N) is 2. The molecule has 0 spiro atoms. The lowest BCUT2D eigenvalue weighted by molar-refractivity contribution is -0.125. The monoisotopic (exact) mass is 557 g/mol. The number of sulfonamides is 1. The maximum absolute atomic E-state index is 13.7. The molecule has 1 fully saturated rings. The summed E-state index contributed by atoms with van der Waals surface area (Å²) in [6, 6.07) is 18.5. The van der Waals surface area contributed by atoms with Crippen molar-refractivity contribution in [2.75, 3.05) is 38.8 Å². The van der Waals surface area contributed by atoms with Gasteiger partial charge in [-0.05, 0) is 35.7 Å². The molecule has 0 radical (unpaired) electrons. The van der Waals surface area contributed by atoms with E-state index in [-0.39, 0.29) is 24.5 Å². The first kappa shape index (κ1) is 27.8. The number of hydrogen-bond donors (Lipinski definition) is 1. The summed E-state index contributed by atoms with van der Waals surface area (Å²) in [6.45, 7) is 2.85. The predicted molar refractivity (Wildman–Crippen MR) is 149 cm³/mol. The lowest BCUT2D eigenvalue weighted by Gasteiger charge is -2.40. The maximum atomic E-state index is 13.7. The Bertz CT molecular complexity index is 1360. The second-order valence-corrected chi connectivity index (χ2v) is 11.3. The summed E-state index contributed by atoms with van der Waals surface area (Å²) in [5.74, 6) is 0.800. The lowest BCUT2D eigenvalue weighted by Crippen LogP contribution is -2.60. The maximum Gasteiger partial charge on any atom is 0.243 e. The Morgan fingerprint density at radius 2 is 1.66 bits per heavy atom. The van der Waals surface area contributed by atoms with Crippen LogP contribution in [-0.4, -0.2) is 58.5 Å². The van der Waals surface area contributed by atoms with Gasteiger partial charge in [0.1, 0.15) is 17.5 Å². The van der Waals surface area contributed by atoms with E-state index in [1.807, 2.05) is 42.2 Å².